The molecule has 1 saturated carbocycles. The number of hydrogen-bond donors (Lipinski definition) is 1. The van der Waals surface area contributed by atoms with Gasteiger partial charge >= 0.3 is 0 Å². The van der Waals surface area contributed by atoms with Crippen LogP contribution in [-0.2, 0) is 0 Å². The lowest BCUT2D eigenvalue weighted by atomic mass is 9.85. The zero-order valence-electron chi connectivity index (χ0n) is 9.80. The first-order valence-corrected chi connectivity index (χ1v) is 6.05. The molecular formula is C13H13N3O2. The maximum atomic E-state index is 10.6. The van der Waals surface area contributed by atoms with Gasteiger partial charge in [-0.15, -0.1) is 0 Å². The third-order valence-corrected chi connectivity index (χ3v) is 4.13. The van der Waals surface area contributed by atoms with Crippen LogP contribution in [0.1, 0.15) is 24.3 Å². The molecule has 0 radical (unpaired) electrons. The summed E-state index contributed by atoms with van der Waals surface area (Å²) in [7, 11) is 0. The Balaban J connectivity index is 1.87. The van der Waals surface area contributed by atoms with E-state index in [-0.39, 0.29) is 23.1 Å². The number of nitrogens with one attached hydrogen (secondary N) is 1. The molecule has 3 rings (SSSR count). The van der Waals surface area contributed by atoms with Crippen LogP contribution in [0.5, 0.6) is 0 Å². The number of nitro groups is 1. The first kappa shape index (κ1) is 11.2. The van der Waals surface area contributed by atoms with E-state index in [1.54, 1.807) is 12.1 Å². The highest BCUT2D eigenvalue weighted by atomic mass is 16.6. The highest BCUT2D eigenvalue weighted by molar-refractivity contribution is 5.38. The molecule has 5 heteroatoms. The van der Waals surface area contributed by atoms with Gasteiger partial charge in [0, 0.05) is 30.1 Å². The van der Waals surface area contributed by atoms with Crippen LogP contribution >= 0.6 is 0 Å². The average Bonchev–Trinajstić information content (AvgIpc) is 3.04. The normalized spacial score (nSPS) is 27.9. The first-order valence-electron chi connectivity index (χ1n) is 6.05. The molecule has 0 unspecified atom stereocenters. The van der Waals surface area contributed by atoms with Gasteiger partial charge in [-0.05, 0) is 18.4 Å². The number of benzene rings is 1. The van der Waals surface area contributed by atoms with E-state index in [0.29, 0.717) is 0 Å². The third-order valence-electron chi connectivity index (χ3n) is 4.13. The van der Waals surface area contributed by atoms with Gasteiger partial charge in [0.15, 0.2) is 0 Å². The molecule has 1 saturated heterocycles. The van der Waals surface area contributed by atoms with Gasteiger partial charge in [0.05, 0.1) is 16.9 Å². The summed E-state index contributed by atoms with van der Waals surface area (Å²) in [5, 5.41) is 23.4. The van der Waals surface area contributed by atoms with Gasteiger partial charge < -0.3 is 5.32 Å². The van der Waals surface area contributed by atoms with Crippen molar-refractivity contribution in [1.29, 1.82) is 5.26 Å². The molecule has 1 aromatic rings. The molecule has 2 atom stereocenters. The Labute approximate surface area is 105 Å². The second kappa shape index (κ2) is 3.79. The van der Waals surface area contributed by atoms with Gasteiger partial charge in [0.1, 0.15) is 0 Å². The standard InChI is InChI=1S/C13H13N3O2/c14-7-12-11(8-15-13(12)5-6-13)9-1-3-10(4-2-9)16(17)18/h1-4,11-12,15H,5-6,8H2/t11-,12-/m0/s1. The molecule has 18 heavy (non-hydrogen) atoms. The van der Waals surface area contributed by atoms with Crippen LogP contribution in [0.15, 0.2) is 24.3 Å². The van der Waals surface area contributed by atoms with Crippen LogP contribution in [0.25, 0.3) is 0 Å². The molecule has 1 aromatic carbocycles. The maximum Gasteiger partial charge on any atom is 0.269 e. The number of hydrogen-bond acceptors (Lipinski definition) is 4. The summed E-state index contributed by atoms with van der Waals surface area (Å²) >= 11 is 0. The predicted octanol–water partition coefficient (Wildman–Crippen LogP) is 1.95. The summed E-state index contributed by atoms with van der Waals surface area (Å²) in [5.41, 5.74) is 1.14. The molecule has 92 valence electrons. The van der Waals surface area contributed by atoms with Crippen molar-refractivity contribution in [1.82, 2.24) is 5.32 Å². The molecule has 2 fully saturated rings. The number of nitro benzene ring substituents is 1. The lowest BCUT2D eigenvalue weighted by molar-refractivity contribution is -0.384. The van der Waals surface area contributed by atoms with E-state index in [0.717, 1.165) is 24.9 Å². The Morgan fingerprint density at radius 1 is 1.39 bits per heavy atom. The van der Waals surface area contributed by atoms with E-state index in [4.69, 9.17) is 0 Å². The van der Waals surface area contributed by atoms with Crippen molar-refractivity contribution in [3.63, 3.8) is 0 Å². The first-order chi connectivity index (χ1) is 8.66. The molecule has 1 spiro atoms. The lowest BCUT2D eigenvalue weighted by Crippen LogP contribution is -2.28. The van der Waals surface area contributed by atoms with Crippen molar-refractivity contribution < 1.29 is 4.92 Å². The molecule has 1 heterocycles. The molecule has 0 aromatic heterocycles. The monoisotopic (exact) mass is 243 g/mol. The zero-order chi connectivity index (χ0) is 12.8. The molecule has 5 nitrogen and oxygen atoms in total. The largest absolute Gasteiger partial charge is 0.309 e. The SMILES string of the molecule is N#C[C@H]1[C@H](c2ccc([N+](=O)[O-])cc2)CNC12CC2. The van der Waals surface area contributed by atoms with Crippen molar-refractivity contribution >= 4 is 5.69 Å². The van der Waals surface area contributed by atoms with Crippen molar-refractivity contribution in [2.75, 3.05) is 6.54 Å². The van der Waals surface area contributed by atoms with Gasteiger partial charge in [0.25, 0.3) is 5.69 Å². The molecule has 1 aliphatic heterocycles. The minimum absolute atomic E-state index is 0.0149. The summed E-state index contributed by atoms with van der Waals surface area (Å²) in [6, 6.07) is 8.99. The Kier molecular flexibility index (Phi) is 2.35. The third kappa shape index (κ3) is 1.57. The second-order valence-electron chi connectivity index (χ2n) is 5.10. The predicted molar refractivity (Wildman–Crippen MR) is 64.9 cm³/mol. The van der Waals surface area contributed by atoms with E-state index < -0.39 is 4.92 Å². The fraction of sp³-hybridized carbons (Fsp3) is 0.462. The van der Waals surface area contributed by atoms with Crippen LogP contribution in [0.2, 0.25) is 0 Å². The Morgan fingerprint density at radius 3 is 2.56 bits per heavy atom. The summed E-state index contributed by atoms with van der Waals surface area (Å²) < 4.78 is 0. The molecule has 0 amide bonds. The lowest BCUT2D eigenvalue weighted by Gasteiger charge is -2.16. The van der Waals surface area contributed by atoms with Crippen LogP contribution in [-0.4, -0.2) is 17.0 Å². The van der Waals surface area contributed by atoms with E-state index >= 15 is 0 Å². The van der Waals surface area contributed by atoms with Gasteiger partial charge in [-0.2, -0.15) is 5.26 Å². The second-order valence-corrected chi connectivity index (χ2v) is 5.10. The molecule has 1 aliphatic carbocycles. The topological polar surface area (TPSA) is 79.0 Å². The van der Waals surface area contributed by atoms with Gasteiger partial charge in [-0.1, -0.05) is 12.1 Å². The molecule has 1 N–H and O–H groups in total. The highest BCUT2D eigenvalue weighted by Gasteiger charge is 2.56. The van der Waals surface area contributed by atoms with E-state index in [1.165, 1.54) is 12.1 Å². The number of nitrogens with zero attached hydrogens (tertiary/aromatic N) is 2. The summed E-state index contributed by atoms with van der Waals surface area (Å²) in [6.07, 6.45) is 2.13. The van der Waals surface area contributed by atoms with E-state index in [2.05, 4.69) is 11.4 Å². The number of non-ortho nitro benzene ring substituents is 1. The van der Waals surface area contributed by atoms with Crippen LogP contribution in [0, 0.1) is 27.4 Å². The fourth-order valence-corrected chi connectivity index (χ4v) is 2.92. The number of nitriles is 1. The molecule has 0 bridgehead atoms. The zero-order valence-corrected chi connectivity index (χ0v) is 9.80. The average molecular weight is 243 g/mol. The van der Waals surface area contributed by atoms with Gasteiger partial charge in [-0.3, -0.25) is 10.1 Å². The highest BCUT2D eigenvalue weighted by Crippen LogP contribution is 2.51. The minimum Gasteiger partial charge on any atom is -0.309 e. The van der Waals surface area contributed by atoms with Crippen molar-refractivity contribution in [2.24, 2.45) is 5.92 Å². The Morgan fingerprint density at radius 2 is 2.06 bits per heavy atom. The smallest absolute Gasteiger partial charge is 0.269 e. The summed E-state index contributed by atoms with van der Waals surface area (Å²) in [4.78, 5) is 10.2. The number of rotatable bonds is 2. The van der Waals surface area contributed by atoms with Crippen LogP contribution in [0.4, 0.5) is 5.69 Å². The summed E-state index contributed by atoms with van der Waals surface area (Å²) in [6.45, 7) is 0.788. The van der Waals surface area contributed by atoms with Crippen LogP contribution < -0.4 is 5.32 Å². The molecule has 2 aliphatic rings. The quantitative estimate of drug-likeness (QED) is 0.636. The summed E-state index contributed by atoms with van der Waals surface area (Å²) in [5.74, 6) is 0.136. The van der Waals surface area contributed by atoms with Crippen molar-refractivity contribution in [2.45, 2.75) is 24.3 Å². The van der Waals surface area contributed by atoms with Crippen LogP contribution in [0.3, 0.4) is 0 Å². The van der Waals surface area contributed by atoms with Gasteiger partial charge in [-0.25, -0.2) is 0 Å². The fourth-order valence-electron chi connectivity index (χ4n) is 2.92. The minimum atomic E-state index is -0.402. The molecular weight excluding hydrogens is 230 g/mol. The van der Waals surface area contributed by atoms with E-state index in [1.807, 2.05) is 0 Å². The Hall–Kier alpha value is -1.93. The van der Waals surface area contributed by atoms with E-state index in [9.17, 15) is 15.4 Å². The van der Waals surface area contributed by atoms with Crippen molar-refractivity contribution in [3.05, 3.63) is 39.9 Å². The van der Waals surface area contributed by atoms with Crippen molar-refractivity contribution in [3.8, 4) is 6.07 Å². The Bertz CT molecular complexity index is 528. The van der Waals surface area contributed by atoms with Gasteiger partial charge in [0.2, 0.25) is 0 Å². The maximum absolute atomic E-state index is 10.6.